The average molecular weight is 953 g/mol. The second-order valence-corrected chi connectivity index (χ2v) is 27.2. The van der Waals surface area contributed by atoms with E-state index in [1.807, 2.05) is 0 Å². The van der Waals surface area contributed by atoms with E-state index in [4.69, 9.17) is 0 Å². The molecule has 0 amide bonds. The Balaban J connectivity index is 2.24. The molecule has 0 bridgehead atoms. The minimum absolute atomic E-state index is 0.330. The zero-order valence-corrected chi connectivity index (χ0v) is 55.2. The molecule has 0 saturated carbocycles. The first-order valence-electron chi connectivity index (χ1n) is 31.1. The summed E-state index contributed by atoms with van der Waals surface area (Å²) in [4.78, 5) is 0. The fraction of sp³-hybridized carbons (Fsp3) is 0.302. The van der Waals surface area contributed by atoms with Crippen molar-refractivity contribution in [2.45, 2.75) is 90.0 Å². The van der Waals surface area contributed by atoms with Crippen molar-refractivity contribution in [3.05, 3.63) is 72.3 Å². The Kier molecular flexibility index (Phi) is 20.3. The van der Waals surface area contributed by atoms with Gasteiger partial charge in [-0.3, -0.25) is 0 Å². The van der Waals surface area contributed by atoms with Gasteiger partial charge in [-0.15, -0.1) is 10.9 Å². The Bertz CT molecular complexity index is 3240. The molecule has 350 valence electrons. The van der Waals surface area contributed by atoms with Crippen molar-refractivity contribution in [1.82, 2.24) is 0 Å². The normalized spacial score (nSPS) is 11.1. The van der Waals surface area contributed by atoms with Gasteiger partial charge in [0.25, 0.3) is 0 Å². The molecular formula is C43H79B33. The first-order valence-corrected chi connectivity index (χ1v) is 31.1. The third-order valence-electron chi connectivity index (χ3n) is 21.7. The molecule has 76 heavy (non-hydrogen) atoms. The maximum Gasteiger partial charge on any atom is 0.139 e. The molecule has 0 unspecified atom stereocenters. The van der Waals surface area contributed by atoms with Gasteiger partial charge in [0.15, 0.2) is 0 Å². The van der Waals surface area contributed by atoms with E-state index in [0.29, 0.717) is 70.8 Å². The molecule has 0 spiro atoms. The van der Waals surface area contributed by atoms with Gasteiger partial charge in [0.2, 0.25) is 0 Å². The molecule has 0 N–H and O–H groups in total. The number of aryl methyl sites for hydroxylation is 4. The summed E-state index contributed by atoms with van der Waals surface area (Å²) in [7, 11) is 50.4. The summed E-state index contributed by atoms with van der Waals surface area (Å²) in [5.74, 6) is 0. The molecule has 0 aliphatic carbocycles. The number of rotatable bonds is 17. The molecule has 6 aromatic carbocycles. The lowest BCUT2D eigenvalue weighted by Crippen LogP contribution is -2.80. The van der Waals surface area contributed by atoms with Crippen molar-refractivity contribution in [2.24, 2.45) is 0 Å². The topological polar surface area (TPSA) is 0 Å². The van der Waals surface area contributed by atoms with Gasteiger partial charge >= 0.3 is 0 Å². The molecule has 6 rings (SSSR count). The van der Waals surface area contributed by atoms with E-state index in [1.165, 1.54) is 118 Å². The van der Waals surface area contributed by atoms with Gasteiger partial charge in [0, 0.05) is 45.4 Å². The number of fused-ring (bicyclic) bond motifs is 3. The standard InChI is InChI=1S/C43H79B33/c1-14-15(2)20(7)27(21(8)16(14)3)33-29-23(10)18(5)17(4)22(9)28(29)26(13)32-30(33)24(11)19(6)25(12)31(32)35-38(62-45)37(44)34-36(39(35)66(49)63-46)40(67(50)71(51)52)42(68(64-47)72(53)54)43(69(73(55)56)74(57)58)41(34)70(75(59)60)76(61)65-48/h62-65H,44-61H2,1-13H3. The monoisotopic (exact) mass is 959 g/mol. The minimum atomic E-state index is 0.330. The van der Waals surface area contributed by atoms with Gasteiger partial charge in [0.05, 0.1) is 178 Å². The first kappa shape index (κ1) is 63.4. The molecular weight excluding hydrogens is 873 g/mol. The van der Waals surface area contributed by atoms with Crippen LogP contribution in [0.5, 0.6) is 0 Å². The van der Waals surface area contributed by atoms with E-state index >= 15 is 0 Å². The van der Waals surface area contributed by atoms with Crippen LogP contribution in [0.3, 0.4) is 0 Å². The van der Waals surface area contributed by atoms with Crippen molar-refractivity contribution in [1.29, 1.82) is 0 Å². The SMILES string of the molecule is BBB(B)B(B(B)B)c1c(B(B(B)B)B(B)B)c(B(BB)B(B)B)c(B(B)B(B)B)c2c(B(B)BB)c(-c3c(C)c(C)c(C)c4c(-c5c(C)c(C)c(C)c(C)c5C)c5c(C)c(C)c(C)c(C)c5c(C)c34)c(BB)c(B)c12. The highest BCUT2D eigenvalue weighted by Gasteiger charge is 2.43. The third kappa shape index (κ3) is 10.1. The molecule has 0 heterocycles. The van der Waals surface area contributed by atoms with E-state index in [-0.39, 0.29) is 0 Å². The Hall–Kier alpha value is -1.76. The third-order valence-corrected chi connectivity index (χ3v) is 21.7. The van der Waals surface area contributed by atoms with Crippen LogP contribution in [0.2, 0.25) is 0 Å². The Morgan fingerprint density at radius 2 is 0.724 bits per heavy atom. The largest absolute Gasteiger partial charge is 0.139 e. The van der Waals surface area contributed by atoms with Crippen LogP contribution < -0.4 is 38.2 Å². The van der Waals surface area contributed by atoms with Gasteiger partial charge in [-0.2, -0.15) is 0 Å². The molecule has 33 heteroatoms. The molecule has 0 saturated heterocycles. The Labute approximate surface area is 490 Å². The van der Waals surface area contributed by atoms with E-state index in [0.717, 1.165) is 21.3 Å². The van der Waals surface area contributed by atoms with Crippen molar-refractivity contribution in [3.63, 3.8) is 0 Å². The summed E-state index contributed by atoms with van der Waals surface area (Å²) in [5.41, 5.74) is 36.4. The quantitative estimate of drug-likeness (QED) is 0.0631. The molecule has 0 atom stereocenters. The lowest BCUT2D eigenvalue weighted by molar-refractivity contribution is 1.18. The van der Waals surface area contributed by atoms with Crippen molar-refractivity contribution < 1.29 is 0 Å². The summed E-state index contributed by atoms with van der Waals surface area (Å²) in [5, 5.41) is 9.19. The van der Waals surface area contributed by atoms with Crippen LogP contribution >= 0.6 is 0 Å². The van der Waals surface area contributed by atoms with Crippen LogP contribution in [-0.2, 0) is 0 Å². The summed E-state index contributed by atoms with van der Waals surface area (Å²) in [6.07, 6.45) is 3.04. The van der Waals surface area contributed by atoms with E-state index in [9.17, 15) is 0 Å². The van der Waals surface area contributed by atoms with Crippen LogP contribution in [0.25, 0.3) is 54.6 Å². The molecule has 6 aromatic rings. The molecule has 0 fully saturated rings. The maximum absolute atomic E-state index is 2.64. The molecule has 0 aliphatic rings. The van der Waals surface area contributed by atoms with Gasteiger partial charge < -0.3 is 0 Å². The summed E-state index contributed by atoms with van der Waals surface area (Å²) in [6.45, 7) is 33.7. The number of benzene rings is 6. The fourth-order valence-corrected chi connectivity index (χ4v) is 16.1. The van der Waals surface area contributed by atoms with Crippen molar-refractivity contribution in [3.8, 4) is 22.3 Å². The molecule has 0 aromatic heterocycles. The highest BCUT2D eigenvalue weighted by atomic mass is 14.3. The lowest BCUT2D eigenvalue weighted by atomic mass is 8.66. The van der Waals surface area contributed by atoms with Gasteiger partial charge in [-0.05, 0) is 217 Å². The van der Waals surface area contributed by atoms with Crippen molar-refractivity contribution >= 4 is 309 Å². The highest BCUT2D eigenvalue weighted by Crippen LogP contribution is 2.51. The van der Waals surface area contributed by atoms with Crippen LogP contribution in [0.1, 0.15) is 72.3 Å². The lowest BCUT2D eigenvalue weighted by Gasteiger charge is -2.42. The fourth-order valence-electron chi connectivity index (χ4n) is 16.1. The van der Waals surface area contributed by atoms with Gasteiger partial charge in [0.1, 0.15) is 15.0 Å². The summed E-state index contributed by atoms with van der Waals surface area (Å²) in [6, 6.07) is 0. The zero-order valence-electron chi connectivity index (χ0n) is 55.2. The Morgan fingerprint density at radius 3 is 1.14 bits per heavy atom. The smallest absolute Gasteiger partial charge is 0.113 e. The predicted molar refractivity (Wildman–Crippen MR) is 435 cm³/mol. The average Bonchev–Trinajstić information content (AvgIpc) is 3.38. The number of hydrogen-bond donors (Lipinski definition) is 0. The highest BCUT2D eigenvalue weighted by molar-refractivity contribution is 7.89. The number of hydrogen-bond acceptors (Lipinski definition) is 0. The van der Waals surface area contributed by atoms with Crippen LogP contribution in [0.4, 0.5) is 0 Å². The van der Waals surface area contributed by atoms with E-state index in [2.05, 4.69) is 229 Å². The van der Waals surface area contributed by atoms with Crippen LogP contribution in [-0.4, -0.2) is 239 Å². The van der Waals surface area contributed by atoms with Crippen LogP contribution in [0.15, 0.2) is 0 Å². The van der Waals surface area contributed by atoms with Crippen LogP contribution in [0, 0.1) is 90.0 Å². The maximum atomic E-state index is 2.64. The first-order chi connectivity index (χ1) is 35.4. The Morgan fingerprint density at radius 1 is 0.303 bits per heavy atom. The van der Waals surface area contributed by atoms with Crippen molar-refractivity contribution in [2.75, 3.05) is 0 Å². The van der Waals surface area contributed by atoms with E-state index < -0.39 is 0 Å². The van der Waals surface area contributed by atoms with Gasteiger partial charge in [-0.25, -0.2) is 0 Å². The zero-order chi connectivity index (χ0) is 57.5. The molecule has 0 nitrogen and oxygen atoms in total. The summed E-state index contributed by atoms with van der Waals surface area (Å²) >= 11 is 0. The molecule has 0 aliphatic heterocycles. The summed E-state index contributed by atoms with van der Waals surface area (Å²) < 4.78 is 0. The second-order valence-electron chi connectivity index (χ2n) is 27.2. The second kappa shape index (κ2) is 24.4. The van der Waals surface area contributed by atoms with Gasteiger partial charge in [-0.1, -0.05) is 27.3 Å². The van der Waals surface area contributed by atoms with E-state index in [1.54, 1.807) is 54.6 Å². The predicted octanol–water partition coefficient (Wildman–Crippen LogP) is -16.6. The minimum Gasteiger partial charge on any atom is -0.113 e. The molecule has 0 radical (unpaired) electrons.